The first kappa shape index (κ1) is 15.6. The topological polar surface area (TPSA) is 46.3 Å². The van der Waals surface area contributed by atoms with Crippen molar-refractivity contribution < 1.29 is 9.18 Å². The van der Waals surface area contributed by atoms with E-state index < -0.39 is 5.82 Å². The summed E-state index contributed by atoms with van der Waals surface area (Å²) in [4.78, 5) is 13.7. The van der Waals surface area contributed by atoms with Crippen molar-refractivity contribution in [3.63, 3.8) is 0 Å². The van der Waals surface area contributed by atoms with Crippen molar-refractivity contribution in [3.8, 4) is 0 Å². The maximum atomic E-state index is 13.1. The molecule has 6 heteroatoms. The predicted octanol–water partition coefficient (Wildman–Crippen LogP) is 3.99. The zero-order chi connectivity index (χ0) is 15.6. The zero-order valence-corrected chi connectivity index (χ0v) is 12.7. The normalized spacial score (nSPS) is 10.5. The van der Waals surface area contributed by atoms with Crippen molar-refractivity contribution in [2.24, 2.45) is 0 Å². The summed E-state index contributed by atoms with van der Waals surface area (Å²) in [5.74, 6) is -0.817. The number of halogens is 3. The fourth-order valence-electron chi connectivity index (χ4n) is 1.87. The van der Waals surface area contributed by atoms with E-state index in [0.29, 0.717) is 22.2 Å². The Kier molecular flexibility index (Phi) is 4.70. The van der Waals surface area contributed by atoms with Gasteiger partial charge in [0.15, 0.2) is 0 Å². The molecule has 0 unspecified atom stereocenters. The monoisotopic (exact) mass is 326 g/mol. The summed E-state index contributed by atoms with van der Waals surface area (Å²) in [6.45, 7) is 0.312. The Balaban J connectivity index is 2.17. The summed E-state index contributed by atoms with van der Waals surface area (Å²) >= 11 is 11.9. The van der Waals surface area contributed by atoms with Crippen molar-refractivity contribution in [3.05, 3.63) is 63.4 Å². The van der Waals surface area contributed by atoms with Crippen molar-refractivity contribution in [1.82, 2.24) is 4.90 Å². The highest BCUT2D eigenvalue weighted by molar-refractivity contribution is 6.35. The van der Waals surface area contributed by atoms with Crippen LogP contribution >= 0.6 is 23.2 Å². The third kappa shape index (κ3) is 3.65. The van der Waals surface area contributed by atoms with Crippen molar-refractivity contribution >= 4 is 34.8 Å². The van der Waals surface area contributed by atoms with Crippen LogP contribution in [0.5, 0.6) is 0 Å². The first-order valence-corrected chi connectivity index (χ1v) is 6.88. The van der Waals surface area contributed by atoms with Gasteiger partial charge in [-0.25, -0.2) is 4.39 Å². The van der Waals surface area contributed by atoms with Crippen LogP contribution < -0.4 is 5.73 Å². The lowest BCUT2D eigenvalue weighted by atomic mass is 10.1. The molecular weight excluding hydrogens is 314 g/mol. The molecule has 0 radical (unpaired) electrons. The van der Waals surface area contributed by atoms with E-state index in [1.165, 1.54) is 23.1 Å². The molecule has 21 heavy (non-hydrogen) atoms. The van der Waals surface area contributed by atoms with E-state index in [9.17, 15) is 9.18 Å². The molecule has 2 aromatic carbocycles. The molecule has 0 heterocycles. The van der Waals surface area contributed by atoms with Gasteiger partial charge in [-0.1, -0.05) is 29.3 Å². The Bertz CT molecular complexity index is 691. The Hall–Kier alpha value is -1.78. The first-order valence-electron chi connectivity index (χ1n) is 6.13. The number of nitrogens with two attached hydrogens (primary N) is 1. The number of benzene rings is 2. The lowest BCUT2D eigenvalue weighted by Crippen LogP contribution is -2.26. The van der Waals surface area contributed by atoms with Crippen LogP contribution in [-0.2, 0) is 6.54 Å². The van der Waals surface area contributed by atoms with Crippen LogP contribution in [0.4, 0.5) is 10.1 Å². The third-order valence-corrected chi connectivity index (χ3v) is 3.60. The molecule has 2 N–H and O–H groups in total. The van der Waals surface area contributed by atoms with E-state index in [1.807, 2.05) is 0 Å². The highest BCUT2D eigenvalue weighted by Gasteiger charge is 2.14. The van der Waals surface area contributed by atoms with Gasteiger partial charge in [-0.15, -0.1) is 0 Å². The minimum absolute atomic E-state index is 0.0567. The van der Waals surface area contributed by atoms with Gasteiger partial charge in [0, 0.05) is 29.2 Å². The van der Waals surface area contributed by atoms with E-state index in [0.717, 1.165) is 5.56 Å². The van der Waals surface area contributed by atoms with Gasteiger partial charge in [0.25, 0.3) is 5.91 Å². The summed E-state index contributed by atoms with van der Waals surface area (Å²) < 4.78 is 13.1. The van der Waals surface area contributed by atoms with Crippen molar-refractivity contribution in [2.75, 3.05) is 12.8 Å². The molecular formula is C15H13Cl2FN2O. The lowest BCUT2D eigenvalue weighted by Gasteiger charge is -2.18. The molecule has 1 amide bonds. The second-order valence-corrected chi connectivity index (χ2v) is 5.48. The number of nitrogens with zero attached hydrogens (tertiary/aromatic N) is 1. The van der Waals surface area contributed by atoms with Crippen LogP contribution in [0, 0.1) is 5.82 Å². The van der Waals surface area contributed by atoms with Crippen LogP contribution in [-0.4, -0.2) is 17.9 Å². The van der Waals surface area contributed by atoms with Gasteiger partial charge < -0.3 is 10.6 Å². The van der Waals surface area contributed by atoms with E-state index in [1.54, 1.807) is 25.2 Å². The second-order valence-electron chi connectivity index (χ2n) is 4.63. The molecule has 0 spiro atoms. The third-order valence-electron chi connectivity index (χ3n) is 3.01. The number of rotatable bonds is 3. The number of nitrogen functional groups attached to an aromatic ring is 1. The van der Waals surface area contributed by atoms with Gasteiger partial charge in [0.05, 0.1) is 5.69 Å². The zero-order valence-electron chi connectivity index (χ0n) is 11.2. The molecule has 0 atom stereocenters. The Morgan fingerprint density at radius 1 is 1.24 bits per heavy atom. The van der Waals surface area contributed by atoms with Gasteiger partial charge in [0.2, 0.25) is 0 Å². The van der Waals surface area contributed by atoms with E-state index in [4.69, 9.17) is 28.9 Å². The SMILES string of the molecule is CN(Cc1ccc(Cl)cc1Cl)C(=O)c1ccc(F)c(N)c1. The molecule has 0 aromatic heterocycles. The Labute approximate surface area is 132 Å². The molecule has 0 saturated heterocycles. The van der Waals surface area contributed by atoms with Crippen LogP contribution in [0.25, 0.3) is 0 Å². The van der Waals surface area contributed by atoms with Crippen LogP contribution in [0.15, 0.2) is 36.4 Å². The molecule has 0 fully saturated rings. The number of hydrogen-bond acceptors (Lipinski definition) is 2. The van der Waals surface area contributed by atoms with E-state index in [-0.39, 0.29) is 11.6 Å². The largest absolute Gasteiger partial charge is 0.396 e. The lowest BCUT2D eigenvalue weighted by molar-refractivity contribution is 0.0785. The molecule has 0 aliphatic carbocycles. The second kappa shape index (κ2) is 6.33. The van der Waals surface area contributed by atoms with Crippen LogP contribution in [0.3, 0.4) is 0 Å². The minimum atomic E-state index is -0.546. The summed E-state index contributed by atoms with van der Waals surface area (Å²) in [6.07, 6.45) is 0. The van der Waals surface area contributed by atoms with E-state index in [2.05, 4.69) is 0 Å². The number of anilines is 1. The minimum Gasteiger partial charge on any atom is -0.396 e. The molecule has 110 valence electrons. The van der Waals surface area contributed by atoms with Gasteiger partial charge in [-0.05, 0) is 35.9 Å². The fourth-order valence-corrected chi connectivity index (χ4v) is 2.34. The summed E-state index contributed by atoms with van der Waals surface area (Å²) in [5.41, 5.74) is 6.50. The number of amides is 1. The van der Waals surface area contributed by atoms with Gasteiger partial charge >= 0.3 is 0 Å². The molecule has 0 saturated carbocycles. The summed E-state index contributed by atoms with van der Waals surface area (Å²) in [5, 5.41) is 1.02. The smallest absolute Gasteiger partial charge is 0.253 e. The maximum Gasteiger partial charge on any atom is 0.253 e. The van der Waals surface area contributed by atoms with Crippen molar-refractivity contribution in [2.45, 2.75) is 6.54 Å². The van der Waals surface area contributed by atoms with Gasteiger partial charge in [0.1, 0.15) is 5.82 Å². The molecule has 0 bridgehead atoms. The van der Waals surface area contributed by atoms with Gasteiger partial charge in [-0.3, -0.25) is 4.79 Å². The number of carbonyl (C=O) groups is 1. The standard InChI is InChI=1S/C15H13Cl2FN2O/c1-20(8-10-2-4-11(16)7-12(10)17)15(21)9-3-5-13(18)14(19)6-9/h2-7H,8,19H2,1H3. The average molecular weight is 327 g/mol. The number of carbonyl (C=O) groups excluding carboxylic acids is 1. The molecule has 0 aliphatic rings. The molecule has 2 aromatic rings. The average Bonchev–Trinajstić information content (AvgIpc) is 2.44. The summed E-state index contributed by atoms with van der Waals surface area (Å²) in [7, 11) is 1.63. The molecule has 2 rings (SSSR count). The first-order chi connectivity index (χ1) is 9.88. The molecule has 0 aliphatic heterocycles. The van der Waals surface area contributed by atoms with Gasteiger partial charge in [-0.2, -0.15) is 0 Å². The maximum absolute atomic E-state index is 13.1. The number of hydrogen-bond donors (Lipinski definition) is 1. The van der Waals surface area contributed by atoms with Crippen LogP contribution in [0.2, 0.25) is 10.0 Å². The van der Waals surface area contributed by atoms with E-state index >= 15 is 0 Å². The van der Waals surface area contributed by atoms with Crippen LogP contribution in [0.1, 0.15) is 15.9 Å². The highest BCUT2D eigenvalue weighted by Crippen LogP contribution is 2.22. The Morgan fingerprint density at radius 2 is 1.95 bits per heavy atom. The highest BCUT2D eigenvalue weighted by atomic mass is 35.5. The fraction of sp³-hybridized carbons (Fsp3) is 0.133. The Morgan fingerprint density at radius 3 is 2.57 bits per heavy atom. The summed E-state index contributed by atoms with van der Waals surface area (Å²) in [6, 6.07) is 8.97. The molecule has 3 nitrogen and oxygen atoms in total. The quantitative estimate of drug-likeness (QED) is 0.867. The predicted molar refractivity (Wildman–Crippen MR) is 83.1 cm³/mol. The van der Waals surface area contributed by atoms with Crippen molar-refractivity contribution in [1.29, 1.82) is 0 Å².